The third kappa shape index (κ3) is 3.51. The SMILES string of the molecule is CC(N)c1ccccc1-c1cccc(OC(F)(F)F)c1. The Morgan fingerprint density at radius 1 is 1.05 bits per heavy atom. The van der Waals surface area contributed by atoms with E-state index in [1.54, 1.807) is 6.07 Å². The summed E-state index contributed by atoms with van der Waals surface area (Å²) in [5.41, 5.74) is 8.19. The largest absolute Gasteiger partial charge is 0.573 e. The summed E-state index contributed by atoms with van der Waals surface area (Å²) in [5, 5.41) is 0. The van der Waals surface area contributed by atoms with E-state index in [9.17, 15) is 13.2 Å². The van der Waals surface area contributed by atoms with E-state index in [0.717, 1.165) is 11.1 Å². The molecule has 2 aromatic rings. The zero-order valence-corrected chi connectivity index (χ0v) is 10.8. The third-order valence-corrected chi connectivity index (χ3v) is 2.83. The van der Waals surface area contributed by atoms with Crippen LogP contribution < -0.4 is 10.5 Å². The quantitative estimate of drug-likeness (QED) is 0.911. The van der Waals surface area contributed by atoms with Crippen molar-refractivity contribution in [3.63, 3.8) is 0 Å². The monoisotopic (exact) mass is 281 g/mol. The van der Waals surface area contributed by atoms with E-state index >= 15 is 0 Å². The Hall–Kier alpha value is -2.01. The molecule has 0 amide bonds. The predicted molar refractivity (Wildman–Crippen MR) is 71.2 cm³/mol. The van der Waals surface area contributed by atoms with Crippen LogP contribution in [-0.2, 0) is 0 Å². The molecule has 0 saturated carbocycles. The Morgan fingerprint density at radius 3 is 2.40 bits per heavy atom. The Labute approximate surface area is 115 Å². The van der Waals surface area contributed by atoms with Gasteiger partial charge in [0.15, 0.2) is 0 Å². The zero-order valence-electron chi connectivity index (χ0n) is 10.8. The number of ether oxygens (including phenoxy) is 1. The first-order chi connectivity index (χ1) is 9.37. The lowest BCUT2D eigenvalue weighted by Crippen LogP contribution is -2.17. The van der Waals surface area contributed by atoms with Crippen LogP contribution in [0.25, 0.3) is 11.1 Å². The van der Waals surface area contributed by atoms with Gasteiger partial charge in [0.1, 0.15) is 5.75 Å². The van der Waals surface area contributed by atoms with Crippen molar-refractivity contribution in [2.24, 2.45) is 5.73 Å². The van der Waals surface area contributed by atoms with Crippen LogP contribution in [0, 0.1) is 0 Å². The van der Waals surface area contributed by atoms with Gasteiger partial charge in [-0.2, -0.15) is 0 Å². The van der Waals surface area contributed by atoms with Gasteiger partial charge in [0.05, 0.1) is 0 Å². The molecule has 1 unspecified atom stereocenters. The molecular formula is C15H14F3NO. The topological polar surface area (TPSA) is 35.2 Å². The molecule has 20 heavy (non-hydrogen) atoms. The van der Waals surface area contributed by atoms with Gasteiger partial charge in [-0.15, -0.1) is 13.2 Å². The Kier molecular flexibility index (Phi) is 3.99. The van der Waals surface area contributed by atoms with Crippen molar-refractivity contribution in [2.45, 2.75) is 19.3 Å². The molecule has 106 valence electrons. The number of benzene rings is 2. The van der Waals surface area contributed by atoms with Gasteiger partial charge in [-0.25, -0.2) is 0 Å². The van der Waals surface area contributed by atoms with Crippen LogP contribution in [0.2, 0.25) is 0 Å². The van der Waals surface area contributed by atoms with Gasteiger partial charge in [0, 0.05) is 6.04 Å². The minimum atomic E-state index is -4.70. The van der Waals surface area contributed by atoms with Crippen molar-refractivity contribution < 1.29 is 17.9 Å². The first-order valence-corrected chi connectivity index (χ1v) is 6.07. The van der Waals surface area contributed by atoms with E-state index in [2.05, 4.69) is 4.74 Å². The third-order valence-electron chi connectivity index (χ3n) is 2.83. The smallest absolute Gasteiger partial charge is 0.406 e. The summed E-state index contributed by atoms with van der Waals surface area (Å²) in [4.78, 5) is 0. The molecule has 0 spiro atoms. The van der Waals surface area contributed by atoms with Gasteiger partial charge < -0.3 is 10.5 Å². The first-order valence-electron chi connectivity index (χ1n) is 6.07. The van der Waals surface area contributed by atoms with Crippen molar-refractivity contribution >= 4 is 0 Å². The second-order valence-corrected chi connectivity index (χ2v) is 4.45. The standard InChI is InChI=1S/C15H14F3NO/c1-10(19)13-7-2-3-8-14(13)11-5-4-6-12(9-11)20-15(16,17)18/h2-10H,19H2,1H3. The number of alkyl halides is 3. The summed E-state index contributed by atoms with van der Waals surface area (Å²) < 4.78 is 40.7. The Balaban J connectivity index is 2.41. The minimum Gasteiger partial charge on any atom is -0.406 e. The second kappa shape index (κ2) is 5.54. The molecule has 2 N–H and O–H groups in total. The summed E-state index contributed by atoms with van der Waals surface area (Å²) in [6.45, 7) is 1.83. The molecule has 0 radical (unpaired) electrons. The lowest BCUT2D eigenvalue weighted by Gasteiger charge is -2.14. The molecule has 0 heterocycles. The maximum absolute atomic E-state index is 12.2. The van der Waals surface area contributed by atoms with Gasteiger partial charge in [0.25, 0.3) is 0 Å². The van der Waals surface area contributed by atoms with Gasteiger partial charge in [-0.1, -0.05) is 36.4 Å². The molecule has 1 atom stereocenters. The highest BCUT2D eigenvalue weighted by atomic mass is 19.4. The summed E-state index contributed by atoms with van der Waals surface area (Å²) in [7, 11) is 0. The molecule has 0 aliphatic rings. The number of hydrogen-bond acceptors (Lipinski definition) is 2. The van der Waals surface area contributed by atoms with Crippen LogP contribution >= 0.6 is 0 Å². The number of rotatable bonds is 3. The first kappa shape index (κ1) is 14.4. The number of nitrogens with two attached hydrogens (primary N) is 1. The summed E-state index contributed by atoms with van der Waals surface area (Å²) in [6.07, 6.45) is -4.70. The fourth-order valence-corrected chi connectivity index (χ4v) is 2.02. The molecule has 2 aromatic carbocycles. The zero-order chi connectivity index (χ0) is 14.8. The van der Waals surface area contributed by atoms with E-state index in [1.807, 2.05) is 31.2 Å². The Bertz CT molecular complexity index is 594. The van der Waals surface area contributed by atoms with Crippen LogP contribution in [0.3, 0.4) is 0 Å². The molecule has 0 aliphatic carbocycles. The molecule has 0 aliphatic heterocycles. The van der Waals surface area contributed by atoms with Crippen molar-refractivity contribution in [2.75, 3.05) is 0 Å². The van der Waals surface area contributed by atoms with Crippen LogP contribution in [0.5, 0.6) is 5.75 Å². The second-order valence-electron chi connectivity index (χ2n) is 4.45. The maximum atomic E-state index is 12.2. The van der Waals surface area contributed by atoms with Crippen LogP contribution in [-0.4, -0.2) is 6.36 Å². The molecule has 0 bridgehead atoms. The van der Waals surface area contributed by atoms with Gasteiger partial charge in [0.2, 0.25) is 0 Å². The highest BCUT2D eigenvalue weighted by molar-refractivity contribution is 5.69. The van der Waals surface area contributed by atoms with E-state index in [-0.39, 0.29) is 11.8 Å². The predicted octanol–water partition coefficient (Wildman–Crippen LogP) is 4.27. The van der Waals surface area contributed by atoms with E-state index in [1.165, 1.54) is 18.2 Å². The normalized spacial score (nSPS) is 13.1. The molecule has 5 heteroatoms. The fourth-order valence-electron chi connectivity index (χ4n) is 2.02. The highest BCUT2D eigenvalue weighted by Crippen LogP contribution is 2.31. The molecule has 0 fully saturated rings. The summed E-state index contributed by atoms with van der Waals surface area (Å²) in [5.74, 6) is -0.241. The fraction of sp³-hybridized carbons (Fsp3) is 0.200. The highest BCUT2D eigenvalue weighted by Gasteiger charge is 2.31. The van der Waals surface area contributed by atoms with Crippen LogP contribution in [0.1, 0.15) is 18.5 Å². The van der Waals surface area contributed by atoms with E-state index in [4.69, 9.17) is 5.73 Å². The van der Waals surface area contributed by atoms with Crippen molar-refractivity contribution in [1.82, 2.24) is 0 Å². The van der Waals surface area contributed by atoms with Crippen molar-refractivity contribution in [3.05, 3.63) is 54.1 Å². The molecular weight excluding hydrogens is 267 g/mol. The van der Waals surface area contributed by atoms with Crippen molar-refractivity contribution in [1.29, 1.82) is 0 Å². The average Bonchev–Trinajstić information content (AvgIpc) is 2.37. The van der Waals surface area contributed by atoms with Gasteiger partial charge in [-0.3, -0.25) is 0 Å². The molecule has 2 nitrogen and oxygen atoms in total. The summed E-state index contributed by atoms with van der Waals surface area (Å²) >= 11 is 0. The Morgan fingerprint density at radius 2 is 1.75 bits per heavy atom. The molecule has 0 saturated heterocycles. The van der Waals surface area contributed by atoms with Crippen LogP contribution in [0.15, 0.2) is 48.5 Å². The molecule has 0 aromatic heterocycles. The number of halogens is 3. The van der Waals surface area contributed by atoms with E-state index in [0.29, 0.717) is 5.56 Å². The summed E-state index contributed by atoms with van der Waals surface area (Å²) in [6, 6.07) is 13.0. The lowest BCUT2D eigenvalue weighted by molar-refractivity contribution is -0.274. The number of hydrogen-bond donors (Lipinski definition) is 1. The van der Waals surface area contributed by atoms with Crippen LogP contribution in [0.4, 0.5) is 13.2 Å². The maximum Gasteiger partial charge on any atom is 0.573 e. The molecule has 2 rings (SSSR count). The van der Waals surface area contributed by atoms with E-state index < -0.39 is 6.36 Å². The van der Waals surface area contributed by atoms with Gasteiger partial charge >= 0.3 is 6.36 Å². The average molecular weight is 281 g/mol. The van der Waals surface area contributed by atoms with Gasteiger partial charge in [-0.05, 0) is 35.7 Å². The lowest BCUT2D eigenvalue weighted by atomic mass is 9.96. The van der Waals surface area contributed by atoms with Crippen molar-refractivity contribution in [3.8, 4) is 16.9 Å². The minimum absolute atomic E-state index is 0.210.